The minimum absolute atomic E-state index is 0.217. The van der Waals surface area contributed by atoms with E-state index in [0.717, 1.165) is 38.5 Å². The fraction of sp³-hybridized carbons (Fsp3) is 0.857. The molecular weight excluding hydrogens is 216 g/mol. The highest BCUT2D eigenvalue weighted by atomic mass is 16.5. The lowest BCUT2D eigenvalue weighted by molar-refractivity contribution is -0.131. The highest BCUT2D eigenvalue weighted by molar-refractivity contribution is 5.78. The Bertz CT molecular complexity index is 202. The number of Topliss-reactive ketones (excluding diaryl/α,β-unsaturated/α-hetero) is 1. The van der Waals surface area contributed by atoms with E-state index >= 15 is 0 Å². The average Bonchev–Trinajstić information content (AvgIpc) is 2.33. The topological polar surface area (TPSA) is 43.4 Å². The molecule has 0 spiro atoms. The first-order valence-electron chi connectivity index (χ1n) is 6.81. The molecular formula is C14H26O3. The molecule has 17 heavy (non-hydrogen) atoms. The molecule has 0 aromatic carbocycles. The Morgan fingerprint density at radius 2 is 1.88 bits per heavy atom. The number of rotatable bonds is 12. The highest BCUT2D eigenvalue weighted by Gasteiger charge is 2.13. The summed E-state index contributed by atoms with van der Waals surface area (Å²) in [5.41, 5.74) is 0. The smallest absolute Gasteiger partial charge is 0.293 e. The van der Waals surface area contributed by atoms with Crippen molar-refractivity contribution in [2.24, 2.45) is 5.92 Å². The van der Waals surface area contributed by atoms with Crippen molar-refractivity contribution in [3.63, 3.8) is 0 Å². The van der Waals surface area contributed by atoms with E-state index in [1.54, 1.807) is 0 Å². The third kappa shape index (κ3) is 10.0. The van der Waals surface area contributed by atoms with Crippen molar-refractivity contribution in [3.05, 3.63) is 0 Å². The van der Waals surface area contributed by atoms with Crippen LogP contribution in [0.3, 0.4) is 0 Å². The van der Waals surface area contributed by atoms with Gasteiger partial charge in [-0.1, -0.05) is 39.5 Å². The van der Waals surface area contributed by atoms with Crippen LogP contribution in [0.25, 0.3) is 0 Å². The number of ether oxygens (including phenoxy) is 1. The lowest BCUT2D eigenvalue weighted by Gasteiger charge is -2.14. The average molecular weight is 242 g/mol. The maximum atomic E-state index is 11.7. The molecule has 0 aliphatic carbocycles. The molecule has 0 saturated carbocycles. The molecule has 0 N–H and O–H groups in total. The highest BCUT2D eigenvalue weighted by Crippen LogP contribution is 2.15. The zero-order valence-corrected chi connectivity index (χ0v) is 11.2. The molecule has 3 heteroatoms. The summed E-state index contributed by atoms with van der Waals surface area (Å²) < 4.78 is 4.79. The minimum Gasteiger partial charge on any atom is -0.468 e. The summed E-state index contributed by atoms with van der Waals surface area (Å²) >= 11 is 0. The van der Waals surface area contributed by atoms with Gasteiger partial charge in [-0.15, -0.1) is 0 Å². The Morgan fingerprint density at radius 3 is 2.47 bits per heavy atom. The van der Waals surface area contributed by atoms with Crippen LogP contribution >= 0.6 is 0 Å². The third-order valence-electron chi connectivity index (χ3n) is 2.94. The van der Waals surface area contributed by atoms with E-state index in [-0.39, 0.29) is 5.92 Å². The van der Waals surface area contributed by atoms with E-state index in [1.165, 1.54) is 0 Å². The van der Waals surface area contributed by atoms with Gasteiger partial charge in [-0.25, -0.2) is 0 Å². The normalized spacial score (nSPS) is 12.1. The van der Waals surface area contributed by atoms with E-state index in [4.69, 9.17) is 4.74 Å². The molecule has 1 unspecified atom stereocenters. The van der Waals surface area contributed by atoms with Crippen molar-refractivity contribution >= 4 is 12.3 Å². The molecule has 0 rings (SSSR count). The molecule has 0 fully saturated rings. The molecule has 3 nitrogen and oxygen atoms in total. The van der Waals surface area contributed by atoms with Gasteiger partial charge in [-0.3, -0.25) is 9.59 Å². The van der Waals surface area contributed by atoms with Crippen molar-refractivity contribution in [3.8, 4) is 0 Å². The van der Waals surface area contributed by atoms with Crippen molar-refractivity contribution in [2.75, 3.05) is 6.61 Å². The van der Waals surface area contributed by atoms with E-state index in [1.807, 2.05) is 0 Å². The first-order valence-corrected chi connectivity index (χ1v) is 6.81. The van der Waals surface area contributed by atoms with Crippen LogP contribution in [0.4, 0.5) is 0 Å². The Hall–Kier alpha value is -0.860. The molecule has 0 bridgehead atoms. The monoisotopic (exact) mass is 242 g/mol. The van der Waals surface area contributed by atoms with Crippen LogP contribution in [0.1, 0.15) is 65.2 Å². The van der Waals surface area contributed by atoms with Crippen LogP contribution in [0.15, 0.2) is 0 Å². The Morgan fingerprint density at radius 1 is 1.18 bits per heavy atom. The molecule has 0 amide bonds. The summed E-state index contributed by atoms with van der Waals surface area (Å²) in [4.78, 5) is 21.9. The van der Waals surface area contributed by atoms with Crippen LogP contribution in [0, 0.1) is 5.92 Å². The lowest BCUT2D eigenvalue weighted by Crippen LogP contribution is -2.14. The molecule has 1 atom stereocenters. The van der Waals surface area contributed by atoms with Gasteiger partial charge in [-0.05, 0) is 18.8 Å². The second-order valence-electron chi connectivity index (χ2n) is 4.64. The zero-order valence-electron chi connectivity index (χ0n) is 11.2. The van der Waals surface area contributed by atoms with Crippen molar-refractivity contribution < 1.29 is 14.3 Å². The first-order chi connectivity index (χ1) is 8.24. The zero-order chi connectivity index (χ0) is 12.9. The Labute approximate surface area is 105 Å². The van der Waals surface area contributed by atoms with Gasteiger partial charge in [0.2, 0.25) is 0 Å². The Balaban J connectivity index is 3.85. The summed E-state index contributed by atoms with van der Waals surface area (Å²) in [6.07, 6.45) is 7.68. The largest absolute Gasteiger partial charge is 0.468 e. The molecule has 0 aliphatic heterocycles. The lowest BCUT2D eigenvalue weighted by atomic mass is 9.95. The number of hydrogen-bond acceptors (Lipinski definition) is 3. The van der Waals surface area contributed by atoms with E-state index in [9.17, 15) is 9.59 Å². The third-order valence-corrected chi connectivity index (χ3v) is 2.94. The van der Waals surface area contributed by atoms with E-state index < -0.39 is 0 Å². The fourth-order valence-electron chi connectivity index (χ4n) is 1.91. The van der Waals surface area contributed by atoms with E-state index in [2.05, 4.69) is 13.8 Å². The van der Waals surface area contributed by atoms with Gasteiger partial charge in [0.05, 0.1) is 6.61 Å². The summed E-state index contributed by atoms with van der Waals surface area (Å²) in [6.45, 7) is 5.12. The van der Waals surface area contributed by atoms with Gasteiger partial charge < -0.3 is 4.74 Å². The molecule has 0 aromatic rings. The Kier molecular flexibility index (Phi) is 11.0. The van der Waals surface area contributed by atoms with Gasteiger partial charge in [0, 0.05) is 12.8 Å². The predicted molar refractivity (Wildman–Crippen MR) is 68.8 cm³/mol. The summed E-state index contributed by atoms with van der Waals surface area (Å²) in [6, 6.07) is 0. The summed E-state index contributed by atoms with van der Waals surface area (Å²) in [7, 11) is 0. The second kappa shape index (κ2) is 11.6. The van der Waals surface area contributed by atoms with Crippen LogP contribution in [-0.4, -0.2) is 18.9 Å². The van der Waals surface area contributed by atoms with Crippen LogP contribution in [-0.2, 0) is 14.3 Å². The second-order valence-corrected chi connectivity index (χ2v) is 4.64. The number of ketones is 1. The molecule has 0 aromatic heterocycles. The quantitative estimate of drug-likeness (QED) is 0.388. The van der Waals surface area contributed by atoms with Gasteiger partial charge in [0.15, 0.2) is 0 Å². The molecule has 100 valence electrons. The summed E-state index contributed by atoms with van der Waals surface area (Å²) in [5, 5.41) is 0. The van der Waals surface area contributed by atoms with Gasteiger partial charge in [-0.2, -0.15) is 0 Å². The van der Waals surface area contributed by atoms with Crippen molar-refractivity contribution in [1.29, 1.82) is 0 Å². The number of hydrogen-bond donors (Lipinski definition) is 0. The predicted octanol–water partition coefficient (Wildman–Crippen LogP) is 3.51. The van der Waals surface area contributed by atoms with Crippen LogP contribution in [0.5, 0.6) is 0 Å². The van der Waals surface area contributed by atoms with Crippen molar-refractivity contribution in [1.82, 2.24) is 0 Å². The summed E-state index contributed by atoms with van der Waals surface area (Å²) in [5.74, 6) is 0.531. The van der Waals surface area contributed by atoms with Crippen LogP contribution < -0.4 is 0 Å². The van der Waals surface area contributed by atoms with Gasteiger partial charge >= 0.3 is 0 Å². The van der Waals surface area contributed by atoms with Crippen LogP contribution in [0.2, 0.25) is 0 Å². The maximum Gasteiger partial charge on any atom is 0.293 e. The minimum atomic E-state index is 0.217. The fourth-order valence-corrected chi connectivity index (χ4v) is 1.91. The van der Waals surface area contributed by atoms with Gasteiger partial charge in [0.25, 0.3) is 6.47 Å². The molecule has 0 saturated heterocycles. The standard InChI is InChI=1S/C14H26O3/c1-3-5-7-9-14(16)10-13(8-6-4-2)11-17-12-15/h12-13H,3-11H2,1-2H3. The number of unbranched alkanes of at least 4 members (excludes halogenated alkanes) is 3. The SMILES string of the molecule is CCCCCC(=O)CC(CCCC)COC=O. The number of carbonyl (C=O) groups excluding carboxylic acids is 2. The molecule has 0 heterocycles. The maximum absolute atomic E-state index is 11.7. The number of carbonyl (C=O) groups is 2. The van der Waals surface area contributed by atoms with Crippen molar-refractivity contribution in [2.45, 2.75) is 65.2 Å². The van der Waals surface area contributed by atoms with Gasteiger partial charge in [0.1, 0.15) is 5.78 Å². The molecule has 0 aliphatic rings. The first kappa shape index (κ1) is 16.1. The van der Waals surface area contributed by atoms with E-state index in [0.29, 0.717) is 31.7 Å². The molecule has 0 radical (unpaired) electrons.